The zero-order valence-electron chi connectivity index (χ0n) is 28.1. The van der Waals surface area contributed by atoms with Crippen LogP contribution in [0.2, 0.25) is 0 Å². The van der Waals surface area contributed by atoms with Crippen molar-refractivity contribution in [3.63, 3.8) is 0 Å². The Morgan fingerprint density at radius 3 is 2.54 bits per heavy atom. The second kappa shape index (κ2) is 19.4. The fraction of sp³-hybridized carbons (Fsp3) is 0.710. The number of nitrogens with zero attached hydrogens (tertiary/aromatic N) is 2. The number of nitrogens with one attached hydrogen (secondary N) is 2. The summed E-state index contributed by atoms with van der Waals surface area (Å²) in [5.74, 6) is -8.09. The summed E-state index contributed by atoms with van der Waals surface area (Å²) in [6.07, 6.45) is -1.82. The normalized spacial score (nSPS) is 33.4. The van der Waals surface area contributed by atoms with Gasteiger partial charge in [0.25, 0.3) is 0 Å². The zero-order valence-corrected chi connectivity index (χ0v) is 28.1. The van der Waals surface area contributed by atoms with Crippen LogP contribution in [0.4, 0.5) is 0 Å². The highest BCUT2D eigenvalue weighted by Gasteiger charge is 2.57. The third-order valence-electron chi connectivity index (χ3n) is 8.76. The molecule has 19 heteroatoms. The van der Waals surface area contributed by atoms with Crippen LogP contribution >= 0.6 is 0 Å². The fourth-order valence-corrected chi connectivity index (χ4v) is 6.18. The van der Waals surface area contributed by atoms with Gasteiger partial charge >= 0.3 is 11.9 Å². The van der Waals surface area contributed by atoms with Crippen molar-refractivity contribution in [3.05, 3.63) is 36.6 Å². The van der Waals surface area contributed by atoms with E-state index in [1.807, 2.05) is 0 Å². The number of carboxylic acids is 1. The number of guanidine groups is 1. The second-order valence-electron chi connectivity index (χ2n) is 12.1. The van der Waals surface area contributed by atoms with Crippen LogP contribution in [-0.4, -0.2) is 168 Å². The number of esters is 1. The van der Waals surface area contributed by atoms with Gasteiger partial charge in [-0.3, -0.25) is 20.0 Å². The van der Waals surface area contributed by atoms with E-state index in [1.165, 1.54) is 20.2 Å². The number of methoxy groups -OCH3 is 1. The first-order valence-corrected chi connectivity index (χ1v) is 16.2. The number of aliphatic imine (C=N–C) groups is 1. The number of carboxylic acid groups (broad SMARTS) is 1. The first kappa shape index (κ1) is 41.2. The van der Waals surface area contributed by atoms with Crippen molar-refractivity contribution >= 4 is 17.9 Å². The number of aliphatic carboxylic acids is 1. The topological polar surface area (TPSA) is 288 Å². The van der Waals surface area contributed by atoms with Crippen molar-refractivity contribution in [3.8, 4) is 0 Å². The van der Waals surface area contributed by atoms with E-state index in [-0.39, 0.29) is 51.1 Å². The number of likely N-dealkylation sites (tertiary alicyclic amines) is 1. The van der Waals surface area contributed by atoms with E-state index >= 15 is 0 Å². The largest absolute Gasteiger partial charge is 0.481 e. The Hall–Kier alpha value is -3.21. The Labute approximate surface area is 289 Å². The predicted molar refractivity (Wildman–Crippen MR) is 173 cm³/mol. The number of aliphatic hydroxyl groups is 6. The Morgan fingerprint density at radius 1 is 1.20 bits per heavy atom. The summed E-state index contributed by atoms with van der Waals surface area (Å²) < 4.78 is 28.0. The van der Waals surface area contributed by atoms with Crippen LogP contribution in [0.1, 0.15) is 6.42 Å². The van der Waals surface area contributed by atoms with Gasteiger partial charge in [-0.15, -0.1) is 6.58 Å². The quantitative estimate of drug-likeness (QED) is 0.0171. The molecule has 0 radical (unpaired) electrons. The van der Waals surface area contributed by atoms with Crippen LogP contribution in [0.3, 0.4) is 0 Å². The highest BCUT2D eigenvalue weighted by Crippen LogP contribution is 2.38. The molecule has 0 spiro atoms. The molecule has 0 bridgehead atoms. The van der Waals surface area contributed by atoms with Crippen molar-refractivity contribution in [2.24, 2.45) is 34.4 Å². The summed E-state index contributed by atoms with van der Waals surface area (Å²) in [5.41, 5.74) is 6.15. The third-order valence-corrected chi connectivity index (χ3v) is 8.76. The van der Waals surface area contributed by atoms with E-state index in [4.69, 9.17) is 34.5 Å². The molecule has 3 heterocycles. The molecule has 3 aliphatic rings. The lowest BCUT2D eigenvalue weighted by molar-refractivity contribution is -0.410. The summed E-state index contributed by atoms with van der Waals surface area (Å²) in [6, 6.07) is -0.777. The number of aliphatic hydroxyl groups excluding tert-OH is 4. The van der Waals surface area contributed by atoms with Crippen molar-refractivity contribution < 1.29 is 69.0 Å². The first-order chi connectivity index (χ1) is 23.9. The van der Waals surface area contributed by atoms with E-state index in [0.717, 1.165) is 6.26 Å². The van der Waals surface area contributed by atoms with Gasteiger partial charge in [0.2, 0.25) is 12.1 Å². The minimum atomic E-state index is -2.93. The molecule has 0 amide bonds. The average Bonchev–Trinajstić information content (AvgIpc) is 3.09. The van der Waals surface area contributed by atoms with Gasteiger partial charge in [0.05, 0.1) is 56.8 Å². The standard InChI is InChI=1S/C31H51N5O14/c1-4-18-19(7-6-17-12-36(9-11-38)13-20(26(41)42)23(17)35-30(32)34-8-5-10-37)21(27(43)46-3)15-47-28(18)50-29-25(48-16-33-2)31(44,45)24(40)22(14-39)49-29/h4,6-7,15,17-20,22-25,28-29,33,37-40,44-45H,1,5,8-14,16H2,2-3H3,(H,41,42)(H3,32,34,35). The van der Waals surface area contributed by atoms with Crippen LogP contribution in [0.25, 0.3) is 0 Å². The smallest absolute Gasteiger partial charge is 0.337 e. The lowest BCUT2D eigenvalue weighted by Gasteiger charge is -2.47. The molecule has 0 aromatic rings. The monoisotopic (exact) mass is 717 g/mol. The summed E-state index contributed by atoms with van der Waals surface area (Å²) in [7, 11) is 2.71. The predicted octanol–water partition coefficient (Wildman–Crippen LogP) is -4.01. The van der Waals surface area contributed by atoms with Crippen LogP contribution < -0.4 is 16.4 Å². The van der Waals surface area contributed by atoms with Crippen LogP contribution in [0.15, 0.2) is 41.6 Å². The molecule has 19 nitrogen and oxygen atoms in total. The van der Waals surface area contributed by atoms with Gasteiger partial charge in [-0.05, 0) is 13.5 Å². The first-order valence-electron chi connectivity index (χ1n) is 16.2. The molecule has 2 fully saturated rings. The lowest BCUT2D eigenvalue weighted by Crippen LogP contribution is -2.69. The molecule has 0 aromatic heterocycles. The van der Waals surface area contributed by atoms with Gasteiger partial charge in [-0.1, -0.05) is 18.2 Å². The van der Waals surface area contributed by atoms with E-state index in [9.17, 15) is 40.2 Å². The number of carbonyl (C=O) groups is 2. The van der Waals surface area contributed by atoms with Crippen LogP contribution in [-0.2, 0) is 33.3 Å². The Balaban J connectivity index is 2.00. The molecule has 0 aromatic carbocycles. The van der Waals surface area contributed by atoms with Gasteiger partial charge in [0, 0.05) is 44.6 Å². The summed E-state index contributed by atoms with van der Waals surface area (Å²) in [6.45, 7) is 3.39. The third kappa shape index (κ3) is 9.98. The van der Waals surface area contributed by atoms with E-state index in [1.54, 1.807) is 17.1 Å². The van der Waals surface area contributed by atoms with Crippen molar-refractivity contribution in [2.45, 2.75) is 49.1 Å². The Kier molecular flexibility index (Phi) is 16.0. The Morgan fingerprint density at radius 2 is 1.94 bits per heavy atom. The van der Waals surface area contributed by atoms with Crippen molar-refractivity contribution in [1.82, 2.24) is 15.5 Å². The molecule has 2 saturated heterocycles. The molecular formula is C31H51N5O14. The van der Waals surface area contributed by atoms with Crippen LogP contribution in [0, 0.1) is 23.7 Å². The number of rotatable bonds is 17. The van der Waals surface area contributed by atoms with Gasteiger partial charge < -0.3 is 70.5 Å². The number of β-amino-alcohol motifs (C(OH)–C–C–N with tert-alkyl or cyclic N) is 1. The van der Waals surface area contributed by atoms with E-state index in [2.05, 4.69) is 22.2 Å². The van der Waals surface area contributed by atoms with Gasteiger partial charge in [0.15, 0.2) is 18.4 Å². The average molecular weight is 718 g/mol. The van der Waals surface area contributed by atoms with Crippen molar-refractivity contribution in [2.75, 3.05) is 66.9 Å². The Bertz CT molecular complexity index is 1220. The van der Waals surface area contributed by atoms with Gasteiger partial charge in [-0.2, -0.15) is 0 Å². The summed E-state index contributed by atoms with van der Waals surface area (Å²) >= 11 is 0. The maximum Gasteiger partial charge on any atom is 0.337 e. The molecule has 50 heavy (non-hydrogen) atoms. The molecule has 0 saturated carbocycles. The maximum absolute atomic E-state index is 12.9. The number of allylic oxidation sites excluding steroid dienone is 1. The van der Waals surface area contributed by atoms with E-state index in [0.29, 0.717) is 13.0 Å². The van der Waals surface area contributed by atoms with E-state index < -0.39 is 84.9 Å². The molecule has 3 aliphatic heterocycles. The fourth-order valence-electron chi connectivity index (χ4n) is 6.18. The number of hydrogen-bond donors (Lipinski definition) is 10. The lowest BCUT2D eigenvalue weighted by atomic mass is 9.79. The number of piperidine rings is 1. The summed E-state index contributed by atoms with van der Waals surface area (Å²) in [4.78, 5) is 31.4. The number of ether oxygens (including phenoxy) is 5. The number of hydrogen-bond acceptors (Lipinski definition) is 16. The molecule has 10 unspecified atom stereocenters. The molecular weight excluding hydrogens is 666 g/mol. The highest BCUT2D eigenvalue weighted by molar-refractivity contribution is 5.89. The molecule has 11 N–H and O–H groups in total. The SMILES string of the molecule is C=CC1C(OC2OC(CO)C(O)C(O)(O)C2OCNC)OC=C(C(=O)OC)C1C=CC1CN(CCO)CC(C(=O)O)C1NC(N)=NCCCO. The van der Waals surface area contributed by atoms with Crippen LogP contribution in [0.5, 0.6) is 0 Å². The minimum absolute atomic E-state index is 0.0139. The molecule has 0 aliphatic carbocycles. The number of nitrogens with two attached hydrogens (primary N) is 1. The highest BCUT2D eigenvalue weighted by atomic mass is 16.8. The second-order valence-corrected chi connectivity index (χ2v) is 12.1. The van der Waals surface area contributed by atoms with Crippen molar-refractivity contribution in [1.29, 1.82) is 0 Å². The van der Waals surface area contributed by atoms with Gasteiger partial charge in [0.1, 0.15) is 12.2 Å². The molecule has 284 valence electrons. The number of carbonyl (C=O) groups excluding carboxylic acids is 1. The molecule has 3 rings (SSSR count). The van der Waals surface area contributed by atoms with Gasteiger partial charge in [-0.25, -0.2) is 4.79 Å². The minimum Gasteiger partial charge on any atom is -0.481 e. The summed E-state index contributed by atoms with van der Waals surface area (Å²) in [5, 5.41) is 76.4. The molecule has 10 atom stereocenters. The zero-order chi connectivity index (χ0) is 37.0. The maximum atomic E-state index is 12.9.